The van der Waals surface area contributed by atoms with Gasteiger partial charge in [0.05, 0.1) is 4.92 Å². The summed E-state index contributed by atoms with van der Waals surface area (Å²) in [4.78, 5) is 12.8. The molecule has 9 heteroatoms. The molecule has 8 nitrogen and oxygen atoms in total. The highest BCUT2D eigenvalue weighted by Crippen LogP contribution is 2.36. The van der Waals surface area contributed by atoms with Crippen LogP contribution in [0.1, 0.15) is 31.4 Å². The molecule has 168 valence electrons. The van der Waals surface area contributed by atoms with Crippen molar-refractivity contribution in [3.63, 3.8) is 0 Å². The fourth-order valence-corrected chi connectivity index (χ4v) is 5.89. The maximum Gasteiger partial charge on any atom is 0.271 e. The topological polar surface area (TPSA) is 93.0 Å². The van der Waals surface area contributed by atoms with Gasteiger partial charge in [-0.15, -0.1) is 0 Å². The molecule has 0 N–H and O–H groups in total. The molecule has 1 aliphatic heterocycles. The lowest BCUT2D eigenvalue weighted by Crippen LogP contribution is -2.41. The van der Waals surface area contributed by atoms with E-state index in [1.54, 1.807) is 19.1 Å². The highest BCUT2D eigenvalue weighted by molar-refractivity contribution is 7.89. The number of rotatable bonds is 8. The summed E-state index contributed by atoms with van der Waals surface area (Å²) < 4.78 is 34.7. The van der Waals surface area contributed by atoms with Crippen molar-refractivity contribution in [3.05, 3.63) is 57.6 Å². The van der Waals surface area contributed by atoms with Crippen LogP contribution in [-0.4, -0.2) is 54.8 Å². The summed E-state index contributed by atoms with van der Waals surface area (Å²) in [5.41, 5.74) is 1.66. The molecule has 3 rings (SSSR count). The minimum atomic E-state index is -4.02. The normalized spacial score (nSPS) is 17.3. The van der Waals surface area contributed by atoms with Gasteiger partial charge in [-0.1, -0.05) is 19.9 Å². The average Bonchev–Trinajstić information content (AvgIpc) is 3.16. The van der Waals surface area contributed by atoms with E-state index in [0.717, 1.165) is 36.7 Å². The molecule has 1 heterocycles. The van der Waals surface area contributed by atoms with Gasteiger partial charge in [0.2, 0.25) is 10.0 Å². The SMILES string of the molecule is CCN1CCC(N(CC)S(=O)(=O)c2cc([N+](=O)[O-])ccc2Oc2cc(C)cc(C)c2)C1. The van der Waals surface area contributed by atoms with Crippen LogP contribution in [0.15, 0.2) is 41.3 Å². The monoisotopic (exact) mass is 447 g/mol. The van der Waals surface area contributed by atoms with Gasteiger partial charge in [0.15, 0.2) is 0 Å². The Morgan fingerprint density at radius 1 is 1.16 bits per heavy atom. The largest absolute Gasteiger partial charge is 0.456 e. The first-order valence-corrected chi connectivity index (χ1v) is 11.9. The smallest absolute Gasteiger partial charge is 0.271 e. The Labute approximate surface area is 183 Å². The lowest BCUT2D eigenvalue weighted by atomic mass is 10.1. The first-order valence-electron chi connectivity index (χ1n) is 10.4. The number of aryl methyl sites for hydroxylation is 2. The molecule has 2 aromatic carbocycles. The van der Waals surface area contributed by atoms with Crippen LogP contribution in [0.3, 0.4) is 0 Å². The van der Waals surface area contributed by atoms with Crippen LogP contribution in [0, 0.1) is 24.0 Å². The lowest BCUT2D eigenvalue weighted by molar-refractivity contribution is -0.385. The molecular formula is C22H29N3O5S. The highest BCUT2D eigenvalue weighted by Gasteiger charge is 2.37. The van der Waals surface area contributed by atoms with Crippen LogP contribution in [0.5, 0.6) is 11.5 Å². The van der Waals surface area contributed by atoms with E-state index in [1.165, 1.54) is 16.4 Å². The summed E-state index contributed by atoms with van der Waals surface area (Å²) >= 11 is 0. The molecule has 0 bridgehead atoms. The van der Waals surface area contributed by atoms with Crippen LogP contribution >= 0.6 is 0 Å². The van der Waals surface area contributed by atoms with Gasteiger partial charge >= 0.3 is 0 Å². The Kier molecular flexibility index (Phi) is 6.98. The first kappa shape index (κ1) is 23.2. The van der Waals surface area contributed by atoms with E-state index >= 15 is 0 Å². The van der Waals surface area contributed by atoms with Gasteiger partial charge in [0, 0.05) is 31.3 Å². The quantitative estimate of drug-likeness (QED) is 0.447. The molecule has 0 spiro atoms. The van der Waals surface area contributed by atoms with E-state index in [4.69, 9.17) is 4.74 Å². The van der Waals surface area contributed by atoms with Crippen LogP contribution in [0.4, 0.5) is 5.69 Å². The second-order valence-electron chi connectivity index (χ2n) is 7.86. The van der Waals surface area contributed by atoms with Crippen molar-refractivity contribution in [3.8, 4) is 11.5 Å². The van der Waals surface area contributed by atoms with Crippen molar-refractivity contribution in [2.24, 2.45) is 0 Å². The number of benzene rings is 2. The van der Waals surface area contributed by atoms with Crippen molar-refractivity contribution in [1.82, 2.24) is 9.21 Å². The Hall–Kier alpha value is -2.49. The summed E-state index contributed by atoms with van der Waals surface area (Å²) in [6, 6.07) is 9.15. The van der Waals surface area contributed by atoms with E-state index < -0.39 is 14.9 Å². The summed E-state index contributed by atoms with van der Waals surface area (Å²) in [6.45, 7) is 10.3. The van der Waals surface area contributed by atoms with E-state index in [1.807, 2.05) is 26.8 Å². The predicted octanol–water partition coefficient (Wildman–Crippen LogP) is 4.11. The van der Waals surface area contributed by atoms with E-state index in [2.05, 4.69) is 4.90 Å². The third-order valence-electron chi connectivity index (χ3n) is 5.56. The summed E-state index contributed by atoms with van der Waals surface area (Å²) in [5, 5.41) is 11.4. The average molecular weight is 448 g/mol. The zero-order chi connectivity index (χ0) is 22.8. The number of hydrogen-bond acceptors (Lipinski definition) is 6. The van der Waals surface area contributed by atoms with Crippen LogP contribution in [0.25, 0.3) is 0 Å². The third kappa shape index (κ3) is 5.06. The number of ether oxygens (including phenoxy) is 1. The van der Waals surface area contributed by atoms with Crippen molar-refractivity contribution in [1.29, 1.82) is 0 Å². The van der Waals surface area contributed by atoms with E-state index in [0.29, 0.717) is 12.3 Å². The molecule has 31 heavy (non-hydrogen) atoms. The Morgan fingerprint density at radius 3 is 2.39 bits per heavy atom. The molecule has 0 amide bonds. The molecule has 0 aliphatic carbocycles. The third-order valence-corrected chi connectivity index (χ3v) is 7.61. The van der Waals surface area contributed by atoms with Gasteiger partial charge in [0.25, 0.3) is 5.69 Å². The zero-order valence-electron chi connectivity index (χ0n) is 18.4. The second kappa shape index (κ2) is 9.33. The van der Waals surface area contributed by atoms with Crippen molar-refractivity contribution in [2.45, 2.75) is 45.1 Å². The number of non-ortho nitro benzene ring substituents is 1. The number of nitrogens with zero attached hydrogens (tertiary/aromatic N) is 3. The second-order valence-corrected chi connectivity index (χ2v) is 9.72. The maximum atomic E-state index is 13.7. The highest BCUT2D eigenvalue weighted by atomic mass is 32.2. The van der Waals surface area contributed by atoms with Crippen LogP contribution < -0.4 is 4.74 Å². The zero-order valence-corrected chi connectivity index (χ0v) is 19.2. The van der Waals surface area contributed by atoms with Gasteiger partial charge in [-0.2, -0.15) is 4.31 Å². The van der Waals surface area contributed by atoms with Crippen molar-refractivity contribution < 1.29 is 18.1 Å². The molecule has 1 unspecified atom stereocenters. The Morgan fingerprint density at radius 2 is 1.84 bits per heavy atom. The molecule has 0 saturated carbocycles. The molecule has 1 saturated heterocycles. The van der Waals surface area contributed by atoms with Crippen LogP contribution in [0.2, 0.25) is 0 Å². The molecular weight excluding hydrogens is 418 g/mol. The standard InChI is InChI=1S/C22H29N3O5S/c1-5-23-10-9-19(15-23)24(6-2)31(28,29)22-14-18(25(26)27)7-8-21(22)30-20-12-16(3)11-17(4)13-20/h7-8,11-14,19H,5-6,9-10,15H2,1-4H3. The first-order chi connectivity index (χ1) is 14.6. The van der Waals surface area contributed by atoms with Gasteiger partial charge in [-0.25, -0.2) is 8.42 Å². The number of likely N-dealkylation sites (N-methyl/N-ethyl adjacent to an activating group) is 2. The van der Waals surface area contributed by atoms with Gasteiger partial charge < -0.3 is 9.64 Å². The van der Waals surface area contributed by atoms with Gasteiger partial charge in [0.1, 0.15) is 16.4 Å². The fourth-order valence-electron chi connectivity index (χ4n) is 4.10. The Balaban J connectivity index is 2.05. The number of hydrogen-bond donors (Lipinski definition) is 0. The molecule has 2 aromatic rings. The summed E-state index contributed by atoms with van der Waals surface area (Å²) in [6.07, 6.45) is 0.725. The van der Waals surface area contributed by atoms with Gasteiger partial charge in [-0.05, 0) is 62.7 Å². The summed E-state index contributed by atoms with van der Waals surface area (Å²) in [7, 11) is -4.02. The molecule has 0 aromatic heterocycles. The molecule has 0 radical (unpaired) electrons. The van der Waals surface area contributed by atoms with E-state index in [9.17, 15) is 18.5 Å². The minimum Gasteiger partial charge on any atom is -0.456 e. The minimum absolute atomic E-state index is 0.0828. The number of sulfonamides is 1. The van der Waals surface area contributed by atoms with Crippen molar-refractivity contribution >= 4 is 15.7 Å². The number of likely N-dealkylation sites (tertiary alicyclic amines) is 1. The Bertz CT molecular complexity index is 1050. The van der Waals surface area contributed by atoms with E-state index in [-0.39, 0.29) is 28.9 Å². The van der Waals surface area contributed by atoms with Gasteiger partial charge in [-0.3, -0.25) is 10.1 Å². The predicted molar refractivity (Wildman–Crippen MR) is 119 cm³/mol. The van der Waals surface area contributed by atoms with Crippen LogP contribution in [-0.2, 0) is 10.0 Å². The fraction of sp³-hybridized carbons (Fsp3) is 0.455. The lowest BCUT2D eigenvalue weighted by Gasteiger charge is -2.27. The molecule has 1 atom stereocenters. The van der Waals surface area contributed by atoms with Crippen molar-refractivity contribution in [2.75, 3.05) is 26.2 Å². The number of nitro benzene ring substituents is 1. The molecule has 1 aliphatic rings. The molecule has 1 fully saturated rings. The summed E-state index contributed by atoms with van der Waals surface area (Å²) in [5.74, 6) is 0.572. The maximum absolute atomic E-state index is 13.7. The number of nitro groups is 1.